The van der Waals surface area contributed by atoms with Crippen LogP contribution in [-0.4, -0.2) is 19.9 Å². The number of rotatable bonds is 5. The number of non-ortho nitro benzene ring substituents is 1. The third-order valence-corrected chi connectivity index (χ3v) is 4.48. The lowest BCUT2D eigenvalue weighted by molar-refractivity contribution is -0.384. The highest BCUT2D eigenvalue weighted by atomic mass is 16.6. The normalized spacial score (nSPS) is 12.0. The summed E-state index contributed by atoms with van der Waals surface area (Å²) < 4.78 is 1.79. The molecule has 0 amide bonds. The number of aromatic nitrogens is 3. The number of hydrogen-bond donors (Lipinski definition) is 1. The summed E-state index contributed by atoms with van der Waals surface area (Å²) in [4.78, 5) is 10.6. The molecule has 0 spiro atoms. The van der Waals surface area contributed by atoms with Gasteiger partial charge in [0, 0.05) is 17.8 Å². The minimum atomic E-state index is -0.404. The molecule has 1 N–H and O–H groups in total. The Hall–Kier alpha value is -3.74. The van der Waals surface area contributed by atoms with Crippen LogP contribution in [0.2, 0.25) is 0 Å². The van der Waals surface area contributed by atoms with Crippen LogP contribution in [-0.2, 0) is 0 Å². The van der Waals surface area contributed by atoms with Crippen LogP contribution in [0.25, 0.3) is 11.0 Å². The third kappa shape index (κ3) is 3.22. The molecule has 0 radical (unpaired) electrons. The van der Waals surface area contributed by atoms with Crippen molar-refractivity contribution in [2.75, 3.05) is 5.32 Å². The lowest BCUT2D eigenvalue weighted by Gasteiger charge is -2.22. The van der Waals surface area contributed by atoms with Gasteiger partial charge in [0.05, 0.1) is 10.4 Å². The molecule has 1 unspecified atom stereocenters. The first-order chi connectivity index (χ1) is 13.1. The summed E-state index contributed by atoms with van der Waals surface area (Å²) in [6.45, 7) is 2.02. The molecular formula is C20H17N5O2. The zero-order chi connectivity index (χ0) is 18.8. The molecule has 0 saturated heterocycles. The molecular weight excluding hydrogens is 342 g/mol. The van der Waals surface area contributed by atoms with E-state index in [0.717, 1.165) is 27.8 Å². The molecule has 134 valence electrons. The summed E-state index contributed by atoms with van der Waals surface area (Å²) >= 11 is 0. The summed E-state index contributed by atoms with van der Waals surface area (Å²) in [5.41, 5.74) is 4.61. The monoisotopic (exact) mass is 359 g/mol. The van der Waals surface area contributed by atoms with Crippen molar-refractivity contribution in [1.82, 2.24) is 15.0 Å². The fourth-order valence-electron chi connectivity index (χ4n) is 3.02. The molecule has 0 aliphatic heterocycles. The topological polar surface area (TPSA) is 85.9 Å². The van der Waals surface area contributed by atoms with Crippen LogP contribution in [0.15, 0.2) is 72.8 Å². The molecule has 1 aromatic heterocycles. The van der Waals surface area contributed by atoms with Crippen molar-refractivity contribution in [3.8, 4) is 0 Å². The second kappa shape index (κ2) is 6.87. The van der Waals surface area contributed by atoms with Gasteiger partial charge in [0.15, 0.2) is 0 Å². The number of nitro groups is 1. The number of aryl methyl sites for hydroxylation is 1. The number of nitrogens with zero attached hydrogens (tertiary/aromatic N) is 4. The molecule has 0 aliphatic carbocycles. The minimum absolute atomic E-state index is 0.0526. The molecule has 0 bridgehead atoms. The standard InChI is InChI=1S/C20H17N5O2/c1-14-6-2-3-7-17(14)21-20(15-10-12-16(13-11-15)25(26)27)24-19-9-5-4-8-18(19)22-23-24/h2-13,20-21H,1H3. The van der Waals surface area contributed by atoms with Gasteiger partial charge in [-0.2, -0.15) is 0 Å². The van der Waals surface area contributed by atoms with E-state index < -0.39 is 4.92 Å². The van der Waals surface area contributed by atoms with Gasteiger partial charge < -0.3 is 5.32 Å². The Morgan fingerprint density at radius 2 is 1.70 bits per heavy atom. The van der Waals surface area contributed by atoms with Gasteiger partial charge in [0.2, 0.25) is 0 Å². The summed E-state index contributed by atoms with van der Waals surface area (Å²) in [5, 5.41) is 23.0. The van der Waals surface area contributed by atoms with Crippen LogP contribution in [0.4, 0.5) is 11.4 Å². The number of nitrogens with one attached hydrogen (secondary N) is 1. The van der Waals surface area contributed by atoms with Crippen LogP contribution in [0.3, 0.4) is 0 Å². The average molecular weight is 359 g/mol. The Morgan fingerprint density at radius 3 is 2.44 bits per heavy atom. The summed E-state index contributed by atoms with van der Waals surface area (Å²) in [6, 6.07) is 22.1. The van der Waals surface area contributed by atoms with Crippen molar-refractivity contribution in [3.63, 3.8) is 0 Å². The Labute approximate surface area is 155 Å². The summed E-state index contributed by atoms with van der Waals surface area (Å²) in [5.74, 6) is 0. The van der Waals surface area contributed by atoms with Gasteiger partial charge in [-0.25, -0.2) is 4.68 Å². The van der Waals surface area contributed by atoms with E-state index in [0.29, 0.717) is 0 Å². The highest BCUT2D eigenvalue weighted by Crippen LogP contribution is 2.27. The van der Waals surface area contributed by atoms with E-state index in [2.05, 4.69) is 15.6 Å². The lowest BCUT2D eigenvalue weighted by Crippen LogP contribution is -2.21. The zero-order valence-electron chi connectivity index (χ0n) is 14.6. The number of benzene rings is 3. The molecule has 4 rings (SSSR count). The van der Waals surface area contributed by atoms with E-state index in [1.54, 1.807) is 16.8 Å². The second-order valence-electron chi connectivity index (χ2n) is 6.23. The average Bonchev–Trinajstić information content (AvgIpc) is 3.11. The highest BCUT2D eigenvalue weighted by molar-refractivity contribution is 5.74. The number of hydrogen-bond acceptors (Lipinski definition) is 5. The smallest absolute Gasteiger partial charge is 0.269 e. The molecule has 27 heavy (non-hydrogen) atoms. The first-order valence-corrected chi connectivity index (χ1v) is 8.50. The van der Waals surface area contributed by atoms with Crippen molar-refractivity contribution in [2.24, 2.45) is 0 Å². The van der Waals surface area contributed by atoms with E-state index in [-0.39, 0.29) is 11.9 Å². The fourth-order valence-corrected chi connectivity index (χ4v) is 3.02. The molecule has 1 heterocycles. The van der Waals surface area contributed by atoms with Gasteiger partial charge in [-0.1, -0.05) is 35.5 Å². The van der Waals surface area contributed by atoms with Crippen molar-refractivity contribution < 1.29 is 4.92 Å². The summed E-state index contributed by atoms with van der Waals surface area (Å²) in [6.07, 6.45) is -0.362. The maximum absolute atomic E-state index is 11.0. The molecule has 1 atom stereocenters. The Bertz CT molecular complexity index is 1100. The van der Waals surface area contributed by atoms with Crippen molar-refractivity contribution in [1.29, 1.82) is 0 Å². The maximum atomic E-state index is 11.0. The number of anilines is 1. The van der Waals surface area contributed by atoms with E-state index in [4.69, 9.17) is 0 Å². The first-order valence-electron chi connectivity index (χ1n) is 8.50. The van der Waals surface area contributed by atoms with Crippen molar-refractivity contribution in [2.45, 2.75) is 13.1 Å². The van der Waals surface area contributed by atoms with Gasteiger partial charge >= 0.3 is 0 Å². The van der Waals surface area contributed by atoms with Gasteiger partial charge in [-0.3, -0.25) is 10.1 Å². The lowest BCUT2D eigenvalue weighted by atomic mass is 10.1. The molecule has 3 aromatic carbocycles. The Balaban J connectivity index is 1.82. The third-order valence-electron chi connectivity index (χ3n) is 4.48. The predicted octanol–water partition coefficient (Wildman–Crippen LogP) is 4.31. The molecule has 7 nitrogen and oxygen atoms in total. The molecule has 0 saturated carbocycles. The van der Waals surface area contributed by atoms with Crippen LogP contribution in [0, 0.1) is 17.0 Å². The first kappa shape index (κ1) is 16.7. The molecule has 0 aliphatic rings. The van der Waals surface area contributed by atoms with Gasteiger partial charge in [-0.05, 0) is 48.4 Å². The Kier molecular flexibility index (Phi) is 4.25. The van der Waals surface area contributed by atoms with Crippen molar-refractivity contribution >= 4 is 22.4 Å². The van der Waals surface area contributed by atoms with Crippen LogP contribution >= 0.6 is 0 Å². The molecule has 0 fully saturated rings. The van der Waals surface area contributed by atoms with E-state index >= 15 is 0 Å². The van der Waals surface area contributed by atoms with Crippen LogP contribution < -0.4 is 5.32 Å². The van der Waals surface area contributed by atoms with Crippen molar-refractivity contribution in [3.05, 3.63) is 94.0 Å². The quantitative estimate of drug-likeness (QED) is 0.424. The van der Waals surface area contributed by atoms with Crippen LogP contribution in [0.5, 0.6) is 0 Å². The van der Waals surface area contributed by atoms with Crippen LogP contribution in [0.1, 0.15) is 17.3 Å². The van der Waals surface area contributed by atoms with Gasteiger partial charge in [-0.15, -0.1) is 5.10 Å². The molecule has 4 aromatic rings. The number of fused-ring (bicyclic) bond motifs is 1. The summed E-state index contributed by atoms with van der Waals surface area (Å²) in [7, 11) is 0. The van der Waals surface area contributed by atoms with Gasteiger partial charge in [0.1, 0.15) is 11.7 Å². The fraction of sp³-hybridized carbons (Fsp3) is 0.100. The predicted molar refractivity (Wildman–Crippen MR) is 104 cm³/mol. The van der Waals surface area contributed by atoms with E-state index in [9.17, 15) is 10.1 Å². The van der Waals surface area contributed by atoms with E-state index in [1.165, 1.54) is 12.1 Å². The second-order valence-corrected chi connectivity index (χ2v) is 6.23. The molecule has 7 heteroatoms. The largest absolute Gasteiger partial charge is 0.360 e. The van der Waals surface area contributed by atoms with E-state index in [1.807, 2.05) is 55.5 Å². The number of nitro benzene ring substituents is 1. The maximum Gasteiger partial charge on any atom is 0.269 e. The Morgan fingerprint density at radius 1 is 1.00 bits per heavy atom. The SMILES string of the molecule is Cc1ccccc1NC(c1ccc([N+](=O)[O-])cc1)n1nnc2ccccc21. The highest BCUT2D eigenvalue weighted by Gasteiger charge is 2.19. The minimum Gasteiger partial charge on any atom is -0.360 e. The van der Waals surface area contributed by atoms with Gasteiger partial charge in [0.25, 0.3) is 5.69 Å². The number of para-hydroxylation sites is 2. The zero-order valence-corrected chi connectivity index (χ0v) is 14.6.